The van der Waals surface area contributed by atoms with Gasteiger partial charge in [-0.3, -0.25) is 19.2 Å². The highest BCUT2D eigenvalue weighted by atomic mass is 32.2. The summed E-state index contributed by atoms with van der Waals surface area (Å²) in [6.07, 6.45) is 4.56. The number of amides is 5. The smallest absolute Gasteiger partial charge is 0.315 e. The molecule has 0 aliphatic carbocycles. The highest BCUT2D eigenvalue weighted by Gasteiger charge is 2.43. The molecule has 2 rings (SSSR count). The average molecular weight is 655 g/mol. The van der Waals surface area contributed by atoms with E-state index < -0.39 is 74.6 Å². The molecule has 45 heavy (non-hydrogen) atoms. The van der Waals surface area contributed by atoms with Crippen LogP contribution in [0, 0.1) is 10.8 Å². The van der Waals surface area contributed by atoms with Crippen molar-refractivity contribution < 1.29 is 32.4 Å². The van der Waals surface area contributed by atoms with Gasteiger partial charge in [0.15, 0.2) is 0 Å². The molecule has 13 nitrogen and oxygen atoms in total. The average Bonchev–Trinajstić information content (AvgIpc) is 3.56. The monoisotopic (exact) mass is 654 g/mol. The van der Waals surface area contributed by atoms with Crippen molar-refractivity contribution in [3.8, 4) is 0 Å². The molecule has 2 fully saturated rings. The van der Waals surface area contributed by atoms with E-state index in [1.54, 1.807) is 20.8 Å². The maximum Gasteiger partial charge on any atom is 0.315 e. The number of hydrogen-bond donors (Lipinski definition) is 4. The first kappa shape index (κ1) is 38.2. The molecule has 14 heteroatoms. The summed E-state index contributed by atoms with van der Waals surface area (Å²) < 4.78 is 26.3. The molecule has 2 aliphatic rings. The first-order valence-corrected chi connectivity index (χ1v) is 17.5. The quantitative estimate of drug-likeness (QED) is 0.163. The fourth-order valence-electron chi connectivity index (χ4n) is 5.44. The summed E-state index contributed by atoms with van der Waals surface area (Å²) in [6.45, 7) is 17.5. The van der Waals surface area contributed by atoms with Crippen LogP contribution in [0.4, 0.5) is 4.79 Å². The van der Waals surface area contributed by atoms with E-state index >= 15 is 0 Å². The second kappa shape index (κ2) is 16.0. The van der Waals surface area contributed by atoms with Crippen LogP contribution in [0.2, 0.25) is 0 Å². The molecule has 0 aromatic heterocycles. The first-order valence-electron chi connectivity index (χ1n) is 15.9. The van der Waals surface area contributed by atoms with Crippen molar-refractivity contribution in [3.05, 3.63) is 12.7 Å². The molecule has 1 unspecified atom stereocenters. The van der Waals surface area contributed by atoms with E-state index in [0.29, 0.717) is 32.2 Å². The minimum Gasteiger partial charge on any atom is -0.346 e. The minimum atomic E-state index is -3.38. The normalized spacial score (nSPS) is 20.5. The van der Waals surface area contributed by atoms with Crippen LogP contribution in [-0.2, 0) is 29.2 Å². The highest BCUT2D eigenvalue weighted by molar-refractivity contribution is 7.89. The molecule has 2 saturated heterocycles. The zero-order valence-corrected chi connectivity index (χ0v) is 28.8. The van der Waals surface area contributed by atoms with Crippen molar-refractivity contribution in [1.29, 1.82) is 0 Å². The zero-order chi connectivity index (χ0) is 34.2. The van der Waals surface area contributed by atoms with Crippen LogP contribution in [-0.4, -0.2) is 103 Å². The van der Waals surface area contributed by atoms with Gasteiger partial charge >= 0.3 is 6.03 Å². The maximum absolute atomic E-state index is 14.0. The summed E-state index contributed by atoms with van der Waals surface area (Å²) in [6, 6.07) is -4.06. The predicted molar refractivity (Wildman–Crippen MR) is 173 cm³/mol. The molecule has 0 radical (unpaired) electrons. The number of Topliss-reactive ketones (excluding diaryl/α,β-unsaturated/α-hetero) is 1. The SMILES string of the molecule is C=CCNC(=O)C(=O)C(CCCC)NC(=O)[C@@H]1CCCN1C(=O)[C@@H](NC(=O)N[C@H](CN1CCCS1(=O)=O)C(C)(C)C)C(C)(C)C. The van der Waals surface area contributed by atoms with E-state index in [9.17, 15) is 32.4 Å². The van der Waals surface area contributed by atoms with Crippen molar-refractivity contribution in [3.63, 3.8) is 0 Å². The zero-order valence-electron chi connectivity index (χ0n) is 28.0. The maximum atomic E-state index is 14.0. The Morgan fingerprint density at radius 1 is 0.956 bits per heavy atom. The number of likely N-dealkylation sites (tertiary alicyclic amines) is 1. The Kier molecular flexibility index (Phi) is 13.6. The predicted octanol–water partition coefficient (Wildman–Crippen LogP) is 1.69. The van der Waals surface area contributed by atoms with Crippen LogP contribution in [0.3, 0.4) is 0 Å². The van der Waals surface area contributed by atoms with Crippen molar-refractivity contribution in [2.45, 2.75) is 111 Å². The van der Waals surface area contributed by atoms with Gasteiger partial charge in [-0.15, -0.1) is 6.58 Å². The molecule has 4 atom stereocenters. The van der Waals surface area contributed by atoms with Crippen molar-refractivity contribution in [1.82, 2.24) is 30.5 Å². The lowest BCUT2D eigenvalue weighted by atomic mass is 9.85. The molecule has 2 aliphatic heterocycles. The number of nitrogens with one attached hydrogen (secondary N) is 4. The number of ketones is 1. The largest absolute Gasteiger partial charge is 0.346 e. The first-order chi connectivity index (χ1) is 20.8. The molecule has 0 bridgehead atoms. The van der Waals surface area contributed by atoms with Gasteiger partial charge in [-0.25, -0.2) is 13.2 Å². The van der Waals surface area contributed by atoms with Gasteiger partial charge in [0.1, 0.15) is 12.1 Å². The molecule has 0 aromatic carbocycles. The van der Waals surface area contributed by atoms with E-state index in [0.717, 1.165) is 6.42 Å². The van der Waals surface area contributed by atoms with E-state index in [1.165, 1.54) is 15.3 Å². The van der Waals surface area contributed by atoms with Gasteiger partial charge in [0.05, 0.1) is 11.8 Å². The third-order valence-electron chi connectivity index (χ3n) is 8.28. The van der Waals surface area contributed by atoms with E-state index in [2.05, 4.69) is 27.8 Å². The second-order valence-corrected chi connectivity index (χ2v) is 16.2. The molecule has 256 valence electrons. The molecular formula is C31H54N6O7S. The number of sulfonamides is 1. The molecule has 4 N–H and O–H groups in total. The Morgan fingerprint density at radius 3 is 2.16 bits per heavy atom. The fourth-order valence-corrected chi connectivity index (χ4v) is 6.98. The number of hydrogen-bond acceptors (Lipinski definition) is 7. The molecule has 0 saturated carbocycles. The number of rotatable bonds is 14. The summed E-state index contributed by atoms with van der Waals surface area (Å²) in [5.41, 5.74) is -1.22. The summed E-state index contributed by atoms with van der Waals surface area (Å²) in [7, 11) is -3.38. The summed E-state index contributed by atoms with van der Waals surface area (Å²) in [5.74, 6) is -2.45. The van der Waals surface area contributed by atoms with Crippen LogP contribution < -0.4 is 21.3 Å². The summed E-state index contributed by atoms with van der Waals surface area (Å²) in [4.78, 5) is 67.5. The highest BCUT2D eigenvalue weighted by Crippen LogP contribution is 2.27. The van der Waals surface area contributed by atoms with Crippen LogP contribution in [0.1, 0.15) is 87.0 Å². The van der Waals surface area contributed by atoms with Gasteiger partial charge in [0, 0.05) is 32.2 Å². The van der Waals surface area contributed by atoms with Gasteiger partial charge in [-0.05, 0) is 36.5 Å². The van der Waals surface area contributed by atoms with Crippen LogP contribution in [0.15, 0.2) is 12.7 Å². The number of carbonyl (C=O) groups excluding carboxylic acids is 5. The number of unbranched alkanes of at least 4 members (excludes halogenated alkanes) is 1. The summed E-state index contributed by atoms with van der Waals surface area (Å²) >= 11 is 0. The lowest BCUT2D eigenvalue weighted by Crippen LogP contribution is -2.61. The van der Waals surface area contributed by atoms with Gasteiger partial charge < -0.3 is 26.2 Å². The second-order valence-electron chi connectivity index (χ2n) is 14.1. The molecule has 0 spiro atoms. The van der Waals surface area contributed by atoms with Gasteiger partial charge in [-0.2, -0.15) is 4.31 Å². The number of carbonyl (C=O) groups is 5. The van der Waals surface area contributed by atoms with Gasteiger partial charge in [-0.1, -0.05) is 67.4 Å². The van der Waals surface area contributed by atoms with Crippen molar-refractivity contribution >= 4 is 39.6 Å². The summed E-state index contributed by atoms with van der Waals surface area (Å²) in [5, 5.41) is 10.9. The lowest BCUT2D eigenvalue weighted by Gasteiger charge is -2.37. The van der Waals surface area contributed by atoms with Crippen LogP contribution >= 0.6 is 0 Å². The Hall–Kier alpha value is -3.00. The fraction of sp³-hybridized carbons (Fsp3) is 0.774. The molecule has 0 aromatic rings. The number of urea groups is 1. The third-order valence-corrected chi connectivity index (χ3v) is 10.2. The Morgan fingerprint density at radius 2 is 1.62 bits per heavy atom. The van der Waals surface area contributed by atoms with Gasteiger partial charge in [0.25, 0.3) is 5.91 Å². The van der Waals surface area contributed by atoms with Crippen molar-refractivity contribution in [2.75, 3.05) is 31.9 Å². The molecule has 5 amide bonds. The third kappa shape index (κ3) is 10.8. The lowest BCUT2D eigenvalue weighted by molar-refractivity contribution is -0.143. The minimum absolute atomic E-state index is 0.0806. The van der Waals surface area contributed by atoms with Gasteiger partial charge in [0.2, 0.25) is 27.6 Å². The van der Waals surface area contributed by atoms with E-state index in [-0.39, 0.29) is 31.8 Å². The van der Waals surface area contributed by atoms with Crippen molar-refractivity contribution in [2.24, 2.45) is 10.8 Å². The topological polar surface area (TPSA) is 174 Å². The molecule has 2 heterocycles. The van der Waals surface area contributed by atoms with E-state index in [4.69, 9.17) is 0 Å². The number of nitrogens with zero attached hydrogens (tertiary/aromatic N) is 2. The van der Waals surface area contributed by atoms with E-state index in [1.807, 2.05) is 27.7 Å². The van der Waals surface area contributed by atoms with Crippen LogP contribution in [0.25, 0.3) is 0 Å². The Balaban J connectivity index is 2.20. The van der Waals surface area contributed by atoms with Crippen LogP contribution in [0.5, 0.6) is 0 Å². The standard InChI is InChI=1S/C31H54N6O7S/c1-9-11-14-21(24(38)27(40)32-16-10-2)33-26(39)22-15-12-18-37(22)28(41)25(31(6,7)8)35-29(42)34-23(30(3,4)5)20-36-17-13-19-45(36,43)44/h10,21-23,25H,2,9,11-20H2,1,3-8H3,(H,32,40)(H,33,39)(H2,34,35,42)/t21?,22-,23+,25+/m0/s1. The Bertz CT molecular complexity index is 1210. The Labute approximate surface area is 268 Å². The molecular weight excluding hydrogens is 600 g/mol.